The molecule has 22 heavy (non-hydrogen) atoms. The summed E-state index contributed by atoms with van der Waals surface area (Å²) in [4.78, 5) is 33.1. The van der Waals surface area contributed by atoms with Gasteiger partial charge in [-0.25, -0.2) is 0 Å². The lowest BCUT2D eigenvalue weighted by atomic mass is 10.1. The van der Waals surface area contributed by atoms with Crippen LogP contribution in [0.3, 0.4) is 0 Å². The summed E-state index contributed by atoms with van der Waals surface area (Å²) in [6, 6.07) is 4.96. The molecule has 0 unspecified atom stereocenters. The Kier molecular flexibility index (Phi) is 3.33. The molecule has 0 saturated carbocycles. The fourth-order valence-electron chi connectivity index (χ4n) is 2.41. The molecular weight excluding hydrogens is 424 g/mol. The molecule has 0 radical (unpaired) electrons. The third-order valence-electron chi connectivity index (χ3n) is 3.31. The van der Waals surface area contributed by atoms with Gasteiger partial charge in [-0.1, -0.05) is 0 Å². The van der Waals surface area contributed by atoms with Crippen molar-refractivity contribution in [3.05, 3.63) is 64.6 Å². The monoisotopic (exact) mass is 426 g/mol. The van der Waals surface area contributed by atoms with E-state index < -0.39 is 15.6 Å². The zero-order valence-electron chi connectivity index (χ0n) is 10.5. The maximum Gasteiger partial charge on any atom is 0.271 e. The van der Waals surface area contributed by atoms with Crippen LogP contribution in [0.4, 0.5) is 11.4 Å². The molecule has 110 valence electrons. The largest absolute Gasteiger partial charge is 0.289 e. The molecule has 1 aliphatic carbocycles. The topological polar surface area (TPSA) is 103 Å². The van der Waals surface area contributed by atoms with Crippen LogP contribution in [0.5, 0.6) is 0 Å². The summed E-state index contributed by atoms with van der Waals surface area (Å²) in [5.74, 6) is -0.473. The number of non-ortho nitro benzene ring substituents is 2. The highest BCUT2D eigenvalue weighted by atomic mass is 79.9. The third kappa shape index (κ3) is 2.04. The van der Waals surface area contributed by atoms with Crippen LogP contribution in [0, 0.1) is 20.2 Å². The average Bonchev–Trinajstić information content (AvgIpc) is 2.73. The van der Waals surface area contributed by atoms with Gasteiger partial charge >= 0.3 is 0 Å². The van der Waals surface area contributed by atoms with Gasteiger partial charge in [-0.15, -0.1) is 0 Å². The highest BCUT2D eigenvalue weighted by molar-refractivity contribution is 9.11. The molecule has 9 heteroatoms. The molecule has 0 N–H and O–H groups in total. The number of fused-ring (bicyclic) bond motifs is 3. The summed E-state index contributed by atoms with van der Waals surface area (Å²) in [5, 5.41) is 21.8. The maximum atomic E-state index is 12.5. The van der Waals surface area contributed by atoms with Gasteiger partial charge in [-0.3, -0.25) is 25.0 Å². The van der Waals surface area contributed by atoms with Gasteiger partial charge in [-0.2, -0.15) is 0 Å². The van der Waals surface area contributed by atoms with E-state index >= 15 is 0 Å². The van der Waals surface area contributed by atoms with Crippen molar-refractivity contribution < 1.29 is 14.6 Å². The van der Waals surface area contributed by atoms with Gasteiger partial charge in [-0.05, 0) is 31.9 Å². The van der Waals surface area contributed by atoms with Crippen LogP contribution in [0.2, 0.25) is 0 Å². The molecule has 0 amide bonds. The number of carbonyl (C=O) groups excluding carboxylic acids is 1. The number of hydrogen-bond acceptors (Lipinski definition) is 5. The van der Waals surface area contributed by atoms with E-state index in [9.17, 15) is 25.0 Å². The number of rotatable bonds is 2. The summed E-state index contributed by atoms with van der Waals surface area (Å²) >= 11 is 6.47. The molecule has 0 heterocycles. The molecule has 2 aromatic rings. The van der Waals surface area contributed by atoms with E-state index in [1.54, 1.807) is 0 Å². The van der Waals surface area contributed by atoms with E-state index in [0.717, 1.165) is 0 Å². The second kappa shape index (κ2) is 4.96. The van der Waals surface area contributed by atoms with E-state index in [4.69, 9.17) is 0 Å². The number of hydrogen-bond donors (Lipinski definition) is 0. The van der Waals surface area contributed by atoms with E-state index in [1.807, 2.05) is 0 Å². The lowest BCUT2D eigenvalue weighted by Crippen LogP contribution is -1.98. The van der Waals surface area contributed by atoms with Crippen molar-refractivity contribution in [3.8, 4) is 11.1 Å². The number of carbonyl (C=O) groups is 1. The molecule has 0 aliphatic heterocycles. The minimum Gasteiger partial charge on any atom is -0.289 e. The van der Waals surface area contributed by atoms with Crippen LogP contribution < -0.4 is 0 Å². The van der Waals surface area contributed by atoms with Crippen molar-refractivity contribution in [2.75, 3.05) is 0 Å². The highest BCUT2D eigenvalue weighted by Crippen LogP contribution is 2.47. The van der Waals surface area contributed by atoms with Crippen LogP contribution in [-0.2, 0) is 0 Å². The molecule has 3 rings (SSSR count). The number of nitro benzene ring substituents is 2. The molecular formula is C13H4Br2N2O5. The van der Waals surface area contributed by atoms with Crippen LogP contribution in [0.25, 0.3) is 11.1 Å². The predicted octanol–water partition coefficient (Wildman–Crippen LogP) is 4.24. The molecule has 7 nitrogen and oxygen atoms in total. The van der Waals surface area contributed by atoms with Gasteiger partial charge in [0.25, 0.3) is 11.4 Å². The van der Waals surface area contributed by atoms with E-state index in [0.29, 0.717) is 20.1 Å². The molecule has 0 aromatic heterocycles. The number of benzene rings is 2. The Morgan fingerprint density at radius 2 is 1.14 bits per heavy atom. The Morgan fingerprint density at radius 1 is 0.773 bits per heavy atom. The van der Waals surface area contributed by atoms with Gasteiger partial charge in [0, 0.05) is 55.5 Å². The maximum absolute atomic E-state index is 12.5. The lowest BCUT2D eigenvalue weighted by Gasteiger charge is -2.05. The third-order valence-corrected chi connectivity index (χ3v) is 4.56. The van der Waals surface area contributed by atoms with Crippen molar-refractivity contribution in [2.24, 2.45) is 0 Å². The van der Waals surface area contributed by atoms with Gasteiger partial charge in [0.15, 0.2) is 5.78 Å². The van der Waals surface area contributed by atoms with Gasteiger partial charge in [0.05, 0.1) is 9.85 Å². The summed E-state index contributed by atoms with van der Waals surface area (Å²) in [6.07, 6.45) is 0. The molecule has 0 fully saturated rings. The van der Waals surface area contributed by atoms with Crippen LogP contribution in [0.15, 0.2) is 33.2 Å². The molecule has 0 saturated heterocycles. The Balaban J connectivity index is 2.34. The van der Waals surface area contributed by atoms with E-state index in [1.165, 1.54) is 24.3 Å². The SMILES string of the molecule is O=C1c2cc([N+](=O)[O-])cc(Br)c2-c2c(Br)cc([N+](=O)[O-])cc21. The molecule has 1 aliphatic rings. The van der Waals surface area contributed by atoms with Gasteiger partial charge in [0.1, 0.15) is 0 Å². The summed E-state index contributed by atoms with van der Waals surface area (Å²) in [7, 11) is 0. The smallest absolute Gasteiger partial charge is 0.271 e. The fourth-order valence-corrected chi connectivity index (χ4v) is 3.70. The van der Waals surface area contributed by atoms with Crippen LogP contribution in [0.1, 0.15) is 15.9 Å². The van der Waals surface area contributed by atoms with Crippen molar-refractivity contribution in [2.45, 2.75) is 0 Å². The van der Waals surface area contributed by atoms with Crippen molar-refractivity contribution in [3.63, 3.8) is 0 Å². The molecule has 0 spiro atoms. The first-order valence-electron chi connectivity index (χ1n) is 5.82. The number of nitrogens with zero attached hydrogens (tertiary/aromatic N) is 2. The minimum absolute atomic E-state index is 0.150. The van der Waals surface area contributed by atoms with Crippen LogP contribution >= 0.6 is 31.9 Å². The molecule has 2 aromatic carbocycles. The summed E-state index contributed by atoms with van der Waals surface area (Å²) < 4.78 is 0.775. The van der Waals surface area contributed by atoms with Gasteiger partial charge < -0.3 is 0 Å². The first-order chi connectivity index (χ1) is 10.3. The normalized spacial score (nSPS) is 12.0. The van der Waals surface area contributed by atoms with E-state index in [-0.39, 0.29) is 22.5 Å². The number of nitro groups is 2. The van der Waals surface area contributed by atoms with Crippen molar-refractivity contribution >= 4 is 49.0 Å². The molecule has 0 atom stereocenters. The highest BCUT2D eigenvalue weighted by Gasteiger charge is 2.34. The zero-order chi connectivity index (χ0) is 16.2. The number of ketones is 1. The Morgan fingerprint density at radius 3 is 1.45 bits per heavy atom. The van der Waals surface area contributed by atoms with Crippen molar-refractivity contribution in [1.82, 2.24) is 0 Å². The van der Waals surface area contributed by atoms with Crippen molar-refractivity contribution in [1.29, 1.82) is 0 Å². The molecule has 0 bridgehead atoms. The Bertz CT molecular complexity index is 823. The number of halogens is 2. The first-order valence-corrected chi connectivity index (χ1v) is 7.40. The fraction of sp³-hybridized carbons (Fsp3) is 0. The zero-order valence-corrected chi connectivity index (χ0v) is 13.7. The first kappa shape index (κ1) is 14.8. The second-order valence-corrected chi connectivity index (χ2v) is 6.25. The average molecular weight is 428 g/mol. The Hall–Kier alpha value is -2.13. The summed E-state index contributed by atoms with van der Waals surface area (Å²) in [6.45, 7) is 0. The Labute approximate surface area is 139 Å². The quantitative estimate of drug-likeness (QED) is 0.449. The minimum atomic E-state index is -0.598. The standard InChI is InChI=1S/C13H4Br2N2O5/c14-9-3-5(16(19)20)1-7-11(9)12-8(13(7)18)2-6(17(21)22)4-10(12)15/h1-4H. The lowest BCUT2D eigenvalue weighted by molar-refractivity contribution is -0.385. The van der Waals surface area contributed by atoms with E-state index in [2.05, 4.69) is 31.9 Å². The summed E-state index contributed by atoms with van der Waals surface area (Å²) in [5.41, 5.74) is 0.837. The van der Waals surface area contributed by atoms with Gasteiger partial charge in [0.2, 0.25) is 0 Å². The second-order valence-electron chi connectivity index (χ2n) is 4.54. The predicted molar refractivity (Wildman–Crippen MR) is 84.0 cm³/mol. The van der Waals surface area contributed by atoms with Crippen LogP contribution in [-0.4, -0.2) is 15.6 Å².